The van der Waals surface area contributed by atoms with Gasteiger partial charge in [0.25, 0.3) is 0 Å². The summed E-state index contributed by atoms with van der Waals surface area (Å²) in [7, 11) is 0. The standard InChI is InChI=1S/C15H20ClNO3/c1-2-11-3-6-13(7-4-11)20-15-9-12(10-16)5-8-14(15)17(18)19/h5,8-9,11,13H,2-4,6-7,10H2,1H3. The highest BCUT2D eigenvalue weighted by atomic mass is 35.5. The topological polar surface area (TPSA) is 52.4 Å². The second kappa shape index (κ2) is 6.93. The summed E-state index contributed by atoms with van der Waals surface area (Å²) < 4.78 is 5.88. The van der Waals surface area contributed by atoms with Gasteiger partial charge in [0.1, 0.15) is 0 Å². The molecule has 110 valence electrons. The molecule has 1 aliphatic rings. The molecule has 1 fully saturated rings. The highest BCUT2D eigenvalue weighted by Crippen LogP contribution is 2.34. The smallest absolute Gasteiger partial charge is 0.310 e. The molecule has 1 aliphatic carbocycles. The highest BCUT2D eigenvalue weighted by Gasteiger charge is 2.24. The van der Waals surface area contributed by atoms with Crippen LogP contribution in [0.4, 0.5) is 5.69 Å². The number of hydrogen-bond donors (Lipinski definition) is 0. The van der Waals surface area contributed by atoms with Gasteiger partial charge in [0.15, 0.2) is 5.75 Å². The Morgan fingerprint density at radius 1 is 1.35 bits per heavy atom. The predicted molar refractivity (Wildman–Crippen MR) is 79.3 cm³/mol. The minimum absolute atomic E-state index is 0.0245. The minimum atomic E-state index is -0.398. The molecule has 0 atom stereocenters. The maximum absolute atomic E-state index is 11.1. The van der Waals surface area contributed by atoms with Crippen molar-refractivity contribution in [2.75, 3.05) is 0 Å². The van der Waals surface area contributed by atoms with Gasteiger partial charge >= 0.3 is 5.69 Å². The lowest BCUT2D eigenvalue weighted by Gasteiger charge is -2.28. The van der Waals surface area contributed by atoms with E-state index in [9.17, 15) is 10.1 Å². The average molecular weight is 298 g/mol. The summed E-state index contributed by atoms with van der Waals surface area (Å²) in [6.45, 7) is 2.21. The van der Waals surface area contributed by atoms with Crippen LogP contribution in [0.1, 0.15) is 44.6 Å². The molecule has 0 bridgehead atoms. The zero-order valence-corrected chi connectivity index (χ0v) is 12.4. The summed E-state index contributed by atoms with van der Waals surface area (Å²) >= 11 is 5.79. The molecule has 0 heterocycles. The zero-order valence-electron chi connectivity index (χ0n) is 11.7. The van der Waals surface area contributed by atoms with E-state index >= 15 is 0 Å². The van der Waals surface area contributed by atoms with Crippen molar-refractivity contribution >= 4 is 17.3 Å². The number of benzene rings is 1. The second-order valence-corrected chi connectivity index (χ2v) is 5.63. The molecule has 0 aliphatic heterocycles. The van der Waals surface area contributed by atoms with Crippen molar-refractivity contribution in [2.24, 2.45) is 5.92 Å². The number of nitro groups is 1. The monoisotopic (exact) mass is 297 g/mol. The fourth-order valence-corrected chi connectivity index (χ4v) is 2.89. The van der Waals surface area contributed by atoms with Gasteiger partial charge in [-0.2, -0.15) is 0 Å². The van der Waals surface area contributed by atoms with E-state index in [4.69, 9.17) is 16.3 Å². The average Bonchev–Trinajstić information content (AvgIpc) is 2.47. The van der Waals surface area contributed by atoms with Crippen molar-refractivity contribution in [3.05, 3.63) is 33.9 Å². The molecule has 0 aromatic heterocycles. The Balaban J connectivity index is 2.09. The molecule has 5 heteroatoms. The van der Waals surface area contributed by atoms with E-state index in [1.807, 2.05) is 0 Å². The van der Waals surface area contributed by atoms with E-state index in [0.29, 0.717) is 11.6 Å². The Hall–Kier alpha value is -1.29. The number of rotatable bonds is 5. The van der Waals surface area contributed by atoms with Crippen molar-refractivity contribution in [1.82, 2.24) is 0 Å². The molecule has 0 radical (unpaired) electrons. The van der Waals surface area contributed by atoms with Crippen molar-refractivity contribution in [2.45, 2.75) is 51.0 Å². The summed E-state index contributed by atoms with van der Waals surface area (Å²) in [5, 5.41) is 11.1. The molecule has 0 spiro atoms. The Morgan fingerprint density at radius 3 is 2.60 bits per heavy atom. The van der Waals surface area contributed by atoms with Crippen LogP contribution in [-0.4, -0.2) is 11.0 Å². The fourth-order valence-electron chi connectivity index (χ4n) is 2.72. The largest absolute Gasteiger partial charge is 0.483 e. The van der Waals surface area contributed by atoms with E-state index in [-0.39, 0.29) is 11.8 Å². The Bertz CT molecular complexity index is 470. The van der Waals surface area contributed by atoms with Crippen LogP contribution in [0.2, 0.25) is 0 Å². The van der Waals surface area contributed by atoms with Crippen LogP contribution in [0.5, 0.6) is 5.75 Å². The van der Waals surface area contributed by atoms with Gasteiger partial charge in [-0.15, -0.1) is 11.6 Å². The summed E-state index contributed by atoms with van der Waals surface area (Å²) in [5.41, 5.74) is 0.867. The van der Waals surface area contributed by atoms with E-state index in [0.717, 1.165) is 37.2 Å². The van der Waals surface area contributed by atoms with Crippen molar-refractivity contribution < 1.29 is 9.66 Å². The third kappa shape index (κ3) is 3.63. The molecular weight excluding hydrogens is 278 g/mol. The van der Waals surface area contributed by atoms with Crippen LogP contribution in [-0.2, 0) is 5.88 Å². The van der Waals surface area contributed by atoms with Gasteiger partial charge in [0.2, 0.25) is 0 Å². The molecule has 0 saturated heterocycles. The quantitative estimate of drug-likeness (QED) is 0.450. The van der Waals surface area contributed by atoms with Crippen LogP contribution in [0, 0.1) is 16.0 Å². The van der Waals surface area contributed by atoms with E-state index in [1.165, 1.54) is 12.5 Å². The normalized spacial score (nSPS) is 22.5. The minimum Gasteiger partial charge on any atom is -0.483 e. The molecule has 0 unspecified atom stereocenters. The zero-order chi connectivity index (χ0) is 14.5. The number of nitro benzene ring substituents is 1. The lowest BCUT2D eigenvalue weighted by molar-refractivity contribution is -0.386. The predicted octanol–water partition coefficient (Wildman–Crippen LogP) is 4.68. The lowest BCUT2D eigenvalue weighted by atomic mass is 9.86. The van der Waals surface area contributed by atoms with Gasteiger partial charge < -0.3 is 4.74 Å². The van der Waals surface area contributed by atoms with Crippen LogP contribution in [0.25, 0.3) is 0 Å². The molecule has 0 amide bonds. The molecule has 4 nitrogen and oxygen atoms in total. The van der Waals surface area contributed by atoms with Crippen molar-refractivity contribution in [3.8, 4) is 5.75 Å². The van der Waals surface area contributed by atoms with Crippen LogP contribution in [0.15, 0.2) is 18.2 Å². The Morgan fingerprint density at radius 2 is 2.05 bits per heavy atom. The van der Waals surface area contributed by atoms with Crippen LogP contribution in [0.3, 0.4) is 0 Å². The molecule has 1 aromatic carbocycles. The molecule has 20 heavy (non-hydrogen) atoms. The molecule has 1 saturated carbocycles. The van der Waals surface area contributed by atoms with E-state index in [2.05, 4.69) is 6.92 Å². The van der Waals surface area contributed by atoms with Gasteiger partial charge in [-0.1, -0.05) is 19.4 Å². The Labute approximate surface area is 124 Å². The molecular formula is C15H20ClNO3. The fraction of sp³-hybridized carbons (Fsp3) is 0.600. The summed E-state index contributed by atoms with van der Waals surface area (Å²) in [6.07, 6.45) is 5.52. The Kier molecular flexibility index (Phi) is 5.24. The van der Waals surface area contributed by atoms with Crippen LogP contribution < -0.4 is 4.74 Å². The summed E-state index contributed by atoms with van der Waals surface area (Å²) in [6, 6.07) is 4.84. The van der Waals surface area contributed by atoms with Gasteiger partial charge in [-0.25, -0.2) is 0 Å². The SMILES string of the molecule is CCC1CCC(Oc2cc(CCl)ccc2[N+](=O)[O-])CC1. The van der Waals surface area contributed by atoms with Gasteiger partial charge in [0.05, 0.1) is 11.0 Å². The maximum Gasteiger partial charge on any atom is 0.310 e. The molecule has 0 N–H and O–H groups in total. The number of halogens is 1. The number of hydrogen-bond acceptors (Lipinski definition) is 3. The maximum atomic E-state index is 11.1. The van der Waals surface area contributed by atoms with Crippen LogP contribution >= 0.6 is 11.6 Å². The first-order chi connectivity index (χ1) is 9.63. The third-order valence-corrected chi connectivity index (χ3v) is 4.35. The third-order valence-electron chi connectivity index (χ3n) is 4.04. The van der Waals surface area contributed by atoms with Gasteiger partial charge in [-0.3, -0.25) is 10.1 Å². The molecule has 2 rings (SSSR count). The second-order valence-electron chi connectivity index (χ2n) is 5.36. The number of nitrogens with zero attached hydrogens (tertiary/aromatic N) is 1. The highest BCUT2D eigenvalue weighted by molar-refractivity contribution is 6.17. The number of ether oxygens (including phenoxy) is 1. The number of alkyl halides is 1. The molecule has 1 aromatic rings. The summed E-state index contributed by atoms with van der Waals surface area (Å²) in [5.74, 6) is 1.46. The van der Waals surface area contributed by atoms with Gasteiger partial charge in [0, 0.05) is 11.9 Å². The van der Waals surface area contributed by atoms with Crippen molar-refractivity contribution in [3.63, 3.8) is 0 Å². The van der Waals surface area contributed by atoms with E-state index in [1.54, 1.807) is 12.1 Å². The summed E-state index contributed by atoms with van der Waals surface area (Å²) in [4.78, 5) is 10.7. The first-order valence-electron chi connectivity index (χ1n) is 7.14. The first-order valence-corrected chi connectivity index (χ1v) is 7.67. The first kappa shape index (κ1) is 15.1. The van der Waals surface area contributed by atoms with E-state index < -0.39 is 4.92 Å². The van der Waals surface area contributed by atoms with Gasteiger partial charge in [-0.05, 0) is 43.2 Å². The lowest BCUT2D eigenvalue weighted by Crippen LogP contribution is -2.24. The van der Waals surface area contributed by atoms with Crippen molar-refractivity contribution in [1.29, 1.82) is 0 Å².